The number of benzene rings is 1. The Morgan fingerprint density at radius 1 is 1.44 bits per heavy atom. The van der Waals surface area contributed by atoms with E-state index in [2.05, 4.69) is 39.5 Å². The SMILES string of the molecule is Cc1csc(N2CC(CCN)c3ccccc32)n1. The van der Waals surface area contributed by atoms with Crippen LogP contribution in [0.2, 0.25) is 0 Å². The summed E-state index contributed by atoms with van der Waals surface area (Å²) < 4.78 is 0. The van der Waals surface area contributed by atoms with E-state index < -0.39 is 0 Å². The number of thiazole rings is 1. The van der Waals surface area contributed by atoms with Crippen molar-refractivity contribution < 1.29 is 0 Å². The van der Waals surface area contributed by atoms with Crippen molar-refractivity contribution in [3.05, 3.63) is 40.9 Å². The minimum Gasteiger partial charge on any atom is -0.330 e. The predicted octanol–water partition coefficient (Wildman–Crippen LogP) is 3.04. The Balaban J connectivity index is 1.99. The molecule has 1 atom stereocenters. The van der Waals surface area contributed by atoms with E-state index in [-0.39, 0.29) is 0 Å². The van der Waals surface area contributed by atoms with Gasteiger partial charge in [-0.3, -0.25) is 0 Å². The first-order chi connectivity index (χ1) is 8.79. The van der Waals surface area contributed by atoms with Gasteiger partial charge < -0.3 is 10.6 Å². The van der Waals surface area contributed by atoms with Crippen LogP contribution in [0.3, 0.4) is 0 Å². The van der Waals surface area contributed by atoms with Gasteiger partial charge >= 0.3 is 0 Å². The summed E-state index contributed by atoms with van der Waals surface area (Å²) in [7, 11) is 0. The lowest BCUT2D eigenvalue weighted by molar-refractivity contribution is 0.668. The number of para-hydroxylation sites is 1. The minimum atomic E-state index is 0.537. The van der Waals surface area contributed by atoms with Gasteiger partial charge in [0.05, 0.1) is 5.69 Å². The molecule has 2 N–H and O–H groups in total. The van der Waals surface area contributed by atoms with E-state index in [4.69, 9.17) is 5.73 Å². The van der Waals surface area contributed by atoms with Crippen molar-refractivity contribution in [3.8, 4) is 0 Å². The molecule has 1 aliphatic heterocycles. The van der Waals surface area contributed by atoms with Crippen molar-refractivity contribution in [1.82, 2.24) is 4.98 Å². The number of rotatable bonds is 3. The van der Waals surface area contributed by atoms with Crippen LogP contribution >= 0.6 is 11.3 Å². The number of aryl methyl sites for hydroxylation is 1. The monoisotopic (exact) mass is 259 g/mol. The van der Waals surface area contributed by atoms with Crippen LogP contribution in [0.15, 0.2) is 29.6 Å². The van der Waals surface area contributed by atoms with Crippen molar-refractivity contribution >= 4 is 22.2 Å². The van der Waals surface area contributed by atoms with Gasteiger partial charge in [-0.25, -0.2) is 4.98 Å². The molecule has 3 nitrogen and oxygen atoms in total. The summed E-state index contributed by atoms with van der Waals surface area (Å²) in [5.74, 6) is 0.537. The maximum atomic E-state index is 5.72. The maximum Gasteiger partial charge on any atom is 0.190 e. The van der Waals surface area contributed by atoms with Crippen LogP contribution in [-0.2, 0) is 0 Å². The van der Waals surface area contributed by atoms with Gasteiger partial charge in [-0.2, -0.15) is 0 Å². The van der Waals surface area contributed by atoms with E-state index in [0.29, 0.717) is 5.92 Å². The molecule has 0 bridgehead atoms. The van der Waals surface area contributed by atoms with Crippen LogP contribution in [0.25, 0.3) is 0 Å². The second-order valence-corrected chi connectivity index (χ2v) is 5.55. The molecule has 3 rings (SSSR count). The smallest absolute Gasteiger partial charge is 0.190 e. The van der Waals surface area contributed by atoms with E-state index in [1.54, 1.807) is 11.3 Å². The quantitative estimate of drug-likeness (QED) is 0.921. The van der Waals surface area contributed by atoms with E-state index in [9.17, 15) is 0 Å². The number of hydrogen-bond acceptors (Lipinski definition) is 4. The van der Waals surface area contributed by atoms with Crippen LogP contribution in [0, 0.1) is 6.92 Å². The summed E-state index contributed by atoms with van der Waals surface area (Å²) in [5, 5.41) is 3.20. The fraction of sp³-hybridized carbons (Fsp3) is 0.357. The Morgan fingerprint density at radius 3 is 3.00 bits per heavy atom. The molecule has 0 amide bonds. The summed E-state index contributed by atoms with van der Waals surface area (Å²) >= 11 is 1.71. The molecule has 1 aromatic carbocycles. The molecule has 0 aliphatic carbocycles. The van der Waals surface area contributed by atoms with E-state index in [1.165, 1.54) is 11.3 Å². The molecule has 0 spiro atoms. The standard InChI is InChI=1S/C14H17N3S/c1-10-9-18-14(16-10)17-8-11(6-7-15)12-4-2-3-5-13(12)17/h2-5,9,11H,6-8,15H2,1H3. The summed E-state index contributed by atoms with van der Waals surface area (Å²) in [6, 6.07) is 8.61. The number of aromatic nitrogens is 1. The third kappa shape index (κ3) is 1.91. The van der Waals surface area contributed by atoms with Gasteiger partial charge in [-0.05, 0) is 31.5 Å². The molecule has 18 heavy (non-hydrogen) atoms. The van der Waals surface area contributed by atoms with Crippen molar-refractivity contribution in [2.24, 2.45) is 5.73 Å². The summed E-state index contributed by atoms with van der Waals surface area (Å²) in [5.41, 5.74) is 9.52. The minimum absolute atomic E-state index is 0.537. The van der Waals surface area contributed by atoms with E-state index >= 15 is 0 Å². The van der Waals surface area contributed by atoms with Crippen LogP contribution in [-0.4, -0.2) is 18.1 Å². The Morgan fingerprint density at radius 2 is 2.28 bits per heavy atom. The molecule has 1 aromatic heterocycles. The predicted molar refractivity (Wildman–Crippen MR) is 76.7 cm³/mol. The van der Waals surface area contributed by atoms with Crippen LogP contribution in [0.4, 0.5) is 10.8 Å². The maximum absolute atomic E-state index is 5.72. The number of fused-ring (bicyclic) bond motifs is 1. The van der Waals surface area contributed by atoms with Crippen molar-refractivity contribution in [2.75, 3.05) is 18.0 Å². The first-order valence-electron chi connectivity index (χ1n) is 6.28. The second kappa shape index (κ2) is 4.71. The topological polar surface area (TPSA) is 42.1 Å². The highest BCUT2D eigenvalue weighted by atomic mass is 32.1. The molecule has 0 saturated carbocycles. The Labute approximate surface area is 111 Å². The Hall–Kier alpha value is -1.39. The molecule has 0 radical (unpaired) electrons. The molecule has 0 fully saturated rings. The van der Waals surface area contributed by atoms with Crippen LogP contribution in [0.5, 0.6) is 0 Å². The first kappa shape index (κ1) is 11.7. The van der Waals surface area contributed by atoms with E-state index in [1.807, 2.05) is 6.92 Å². The fourth-order valence-corrected chi connectivity index (χ4v) is 3.42. The highest BCUT2D eigenvalue weighted by Gasteiger charge is 2.29. The lowest BCUT2D eigenvalue weighted by Gasteiger charge is -2.16. The van der Waals surface area contributed by atoms with Gasteiger partial charge in [0, 0.05) is 23.5 Å². The molecular formula is C14H17N3S. The molecule has 4 heteroatoms. The lowest BCUT2D eigenvalue weighted by Crippen LogP contribution is -2.17. The molecule has 1 aliphatic rings. The summed E-state index contributed by atoms with van der Waals surface area (Å²) in [4.78, 5) is 6.93. The van der Waals surface area contributed by atoms with Crippen molar-refractivity contribution in [3.63, 3.8) is 0 Å². The highest BCUT2D eigenvalue weighted by Crippen LogP contribution is 2.42. The summed E-state index contributed by atoms with van der Waals surface area (Å²) in [6.45, 7) is 3.78. The number of hydrogen-bond donors (Lipinski definition) is 1. The zero-order valence-corrected chi connectivity index (χ0v) is 11.3. The average molecular weight is 259 g/mol. The summed E-state index contributed by atoms with van der Waals surface area (Å²) in [6.07, 6.45) is 1.04. The fourth-order valence-electron chi connectivity index (χ4n) is 2.59. The molecule has 1 unspecified atom stereocenters. The first-order valence-corrected chi connectivity index (χ1v) is 7.16. The van der Waals surface area contributed by atoms with Gasteiger partial charge in [0.1, 0.15) is 0 Å². The van der Waals surface area contributed by atoms with Crippen LogP contribution < -0.4 is 10.6 Å². The lowest BCUT2D eigenvalue weighted by atomic mass is 9.98. The van der Waals surface area contributed by atoms with Gasteiger partial charge in [-0.1, -0.05) is 18.2 Å². The third-order valence-corrected chi connectivity index (χ3v) is 4.40. The second-order valence-electron chi connectivity index (χ2n) is 4.72. The highest BCUT2D eigenvalue weighted by molar-refractivity contribution is 7.13. The average Bonchev–Trinajstić information content (AvgIpc) is 2.95. The van der Waals surface area contributed by atoms with Gasteiger partial charge in [-0.15, -0.1) is 11.3 Å². The third-order valence-electron chi connectivity index (χ3n) is 3.42. The normalized spacial score (nSPS) is 18.1. The van der Waals surface area contributed by atoms with Crippen molar-refractivity contribution in [2.45, 2.75) is 19.3 Å². The van der Waals surface area contributed by atoms with Gasteiger partial charge in [0.2, 0.25) is 0 Å². The van der Waals surface area contributed by atoms with Crippen molar-refractivity contribution in [1.29, 1.82) is 0 Å². The van der Waals surface area contributed by atoms with Gasteiger partial charge in [0.25, 0.3) is 0 Å². The molecule has 2 heterocycles. The largest absolute Gasteiger partial charge is 0.330 e. The Kier molecular flexibility index (Phi) is 3.06. The number of nitrogens with two attached hydrogens (primary N) is 1. The van der Waals surface area contributed by atoms with E-state index in [0.717, 1.165) is 30.3 Å². The zero-order chi connectivity index (χ0) is 12.5. The Bertz CT molecular complexity index is 549. The zero-order valence-electron chi connectivity index (χ0n) is 10.5. The number of nitrogens with zero attached hydrogens (tertiary/aromatic N) is 2. The van der Waals surface area contributed by atoms with Crippen LogP contribution in [0.1, 0.15) is 23.6 Å². The number of anilines is 2. The molecule has 94 valence electrons. The van der Waals surface area contributed by atoms with Gasteiger partial charge in [0.15, 0.2) is 5.13 Å². The molecule has 2 aromatic rings. The molecular weight excluding hydrogens is 242 g/mol. The molecule has 0 saturated heterocycles.